The van der Waals surface area contributed by atoms with Crippen molar-refractivity contribution < 1.29 is 14.5 Å². The van der Waals surface area contributed by atoms with Crippen molar-refractivity contribution >= 4 is 22.6 Å². The molecule has 0 aliphatic carbocycles. The van der Waals surface area contributed by atoms with Crippen molar-refractivity contribution in [3.8, 4) is 0 Å². The van der Waals surface area contributed by atoms with Crippen molar-refractivity contribution in [2.24, 2.45) is 0 Å². The fourth-order valence-corrected chi connectivity index (χ4v) is 2.28. The first-order chi connectivity index (χ1) is 9.99. The van der Waals surface area contributed by atoms with Gasteiger partial charge in [0.1, 0.15) is 6.04 Å². The average molecular weight is 290 g/mol. The summed E-state index contributed by atoms with van der Waals surface area (Å²) in [7, 11) is 1.26. The molecule has 0 bridgehead atoms. The number of rotatable bonds is 4. The Morgan fingerprint density at radius 3 is 2.67 bits per heavy atom. The largest absolute Gasteiger partial charge is 0.467 e. The third-order valence-electron chi connectivity index (χ3n) is 3.30. The predicted octanol–water partition coefficient (Wildman–Crippen LogP) is 2.03. The minimum absolute atomic E-state index is 0.0705. The Morgan fingerprint density at radius 1 is 1.38 bits per heavy atom. The number of hydrogen-bond acceptors (Lipinski definition) is 5. The molecule has 0 radical (unpaired) electrons. The van der Waals surface area contributed by atoms with Crippen molar-refractivity contribution in [3.63, 3.8) is 0 Å². The molecule has 1 aromatic heterocycles. The number of ether oxygens (including phenoxy) is 1. The van der Waals surface area contributed by atoms with Gasteiger partial charge in [0, 0.05) is 23.6 Å². The lowest BCUT2D eigenvalue weighted by Crippen LogP contribution is -2.30. The van der Waals surface area contributed by atoms with E-state index in [0.717, 1.165) is 0 Å². The second-order valence-corrected chi connectivity index (χ2v) is 4.49. The van der Waals surface area contributed by atoms with E-state index in [1.807, 2.05) is 0 Å². The molecule has 1 atom stereocenters. The molecule has 0 aliphatic heterocycles. The molecule has 7 nitrogen and oxygen atoms in total. The van der Waals surface area contributed by atoms with Crippen molar-refractivity contribution in [2.75, 3.05) is 7.11 Å². The maximum Gasteiger partial charge on any atom is 0.328 e. The Balaban J connectivity index is 2.72. The van der Waals surface area contributed by atoms with E-state index in [2.05, 4.69) is 0 Å². The zero-order valence-corrected chi connectivity index (χ0v) is 11.6. The minimum Gasteiger partial charge on any atom is -0.467 e. The van der Waals surface area contributed by atoms with Crippen LogP contribution in [-0.4, -0.2) is 22.6 Å². The van der Waals surface area contributed by atoms with Gasteiger partial charge in [0.25, 0.3) is 11.2 Å². The van der Waals surface area contributed by atoms with Crippen LogP contribution in [0.5, 0.6) is 0 Å². The second-order valence-electron chi connectivity index (χ2n) is 4.49. The van der Waals surface area contributed by atoms with Gasteiger partial charge in [-0.1, -0.05) is 6.92 Å². The van der Waals surface area contributed by atoms with Crippen LogP contribution in [0.1, 0.15) is 19.4 Å². The molecule has 0 fully saturated rings. The second kappa shape index (κ2) is 5.74. The fourth-order valence-electron chi connectivity index (χ4n) is 2.28. The molecule has 0 saturated heterocycles. The van der Waals surface area contributed by atoms with Crippen LogP contribution >= 0.6 is 0 Å². The lowest BCUT2D eigenvalue weighted by atomic mass is 10.1. The van der Waals surface area contributed by atoms with Gasteiger partial charge in [-0.3, -0.25) is 19.5 Å². The summed E-state index contributed by atoms with van der Waals surface area (Å²) in [6, 6.07) is 6.19. The molecule has 0 saturated carbocycles. The maximum absolute atomic E-state index is 12.1. The molecule has 1 unspecified atom stereocenters. The van der Waals surface area contributed by atoms with E-state index < -0.39 is 16.9 Å². The predicted molar refractivity (Wildman–Crippen MR) is 76.2 cm³/mol. The van der Waals surface area contributed by atoms with Gasteiger partial charge in [0.2, 0.25) is 0 Å². The Kier molecular flexibility index (Phi) is 4.02. The number of esters is 1. The Hall–Kier alpha value is -2.70. The molecule has 1 heterocycles. The Bertz CT molecular complexity index is 766. The Morgan fingerprint density at radius 2 is 2.10 bits per heavy atom. The summed E-state index contributed by atoms with van der Waals surface area (Å²) in [5, 5.41) is 11.3. The van der Waals surface area contributed by atoms with E-state index in [4.69, 9.17) is 4.74 Å². The highest BCUT2D eigenvalue weighted by atomic mass is 16.6. The Labute approximate surface area is 119 Å². The number of carbonyl (C=O) groups is 1. The van der Waals surface area contributed by atoms with Gasteiger partial charge in [0.15, 0.2) is 0 Å². The highest BCUT2D eigenvalue weighted by Crippen LogP contribution is 2.23. The summed E-state index contributed by atoms with van der Waals surface area (Å²) in [6.45, 7) is 1.76. The highest BCUT2D eigenvalue weighted by molar-refractivity contribution is 5.84. The number of hydrogen-bond donors (Lipinski definition) is 0. The standard InChI is InChI=1S/C14H14N2O5/c1-3-11(14(18)21-2)15-12-6-5-10(16(19)20)8-9(12)4-7-13(15)17/h4-8,11H,3H2,1-2H3. The quantitative estimate of drug-likeness (QED) is 0.488. The van der Waals surface area contributed by atoms with Crippen LogP contribution in [-0.2, 0) is 9.53 Å². The summed E-state index contributed by atoms with van der Waals surface area (Å²) in [6.07, 6.45) is 0.378. The van der Waals surface area contributed by atoms with Crippen molar-refractivity contribution in [1.82, 2.24) is 4.57 Å². The number of carbonyl (C=O) groups excluding carboxylic acids is 1. The molecular formula is C14H14N2O5. The fraction of sp³-hybridized carbons (Fsp3) is 0.286. The zero-order valence-electron chi connectivity index (χ0n) is 11.6. The molecule has 2 rings (SSSR count). The number of pyridine rings is 1. The van der Waals surface area contributed by atoms with Crippen LogP contribution in [0.3, 0.4) is 0 Å². The number of nitrogens with zero attached hydrogens (tertiary/aromatic N) is 2. The summed E-state index contributed by atoms with van der Waals surface area (Å²) in [5.74, 6) is -0.523. The monoisotopic (exact) mass is 290 g/mol. The maximum atomic E-state index is 12.1. The summed E-state index contributed by atoms with van der Waals surface area (Å²) in [4.78, 5) is 34.2. The van der Waals surface area contributed by atoms with E-state index in [-0.39, 0.29) is 11.2 Å². The third-order valence-corrected chi connectivity index (χ3v) is 3.30. The summed E-state index contributed by atoms with van der Waals surface area (Å²) < 4.78 is 6.03. The van der Waals surface area contributed by atoms with Gasteiger partial charge >= 0.3 is 5.97 Å². The number of aromatic nitrogens is 1. The molecule has 7 heteroatoms. The first-order valence-corrected chi connectivity index (χ1v) is 6.37. The van der Waals surface area contributed by atoms with Gasteiger partial charge < -0.3 is 4.74 Å². The molecule has 1 aromatic carbocycles. The van der Waals surface area contributed by atoms with Gasteiger partial charge in [-0.25, -0.2) is 4.79 Å². The van der Waals surface area contributed by atoms with Gasteiger partial charge in [-0.15, -0.1) is 0 Å². The van der Waals surface area contributed by atoms with E-state index in [1.54, 1.807) is 6.92 Å². The van der Waals surface area contributed by atoms with Crippen LogP contribution in [0.25, 0.3) is 10.9 Å². The molecule has 0 N–H and O–H groups in total. The lowest BCUT2D eigenvalue weighted by molar-refractivity contribution is -0.384. The van der Waals surface area contributed by atoms with Crippen molar-refractivity contribution in [1.29, 1.82) is 0 Å². The summed E-state index contributed by atoms with van der Waals surface area (Å²) >= 11 is 0. The van der Waals surface area contributed by atoms with Crippen LogP contribution in [0.15, 0.2) is 35.1 Å². The first kappa shape index (κ1) is 14.7. The first-order valence-electron chi connectivity index (χ1n) is 6.37. The number of methoxy groups -OCH3 is 1. The highest BCUT2D eigenvalue weighted by Gasteiger charge is 2.22. The molecule has 0 aliphatic rings. The molecule has 0 spiro atoms. The third kappa shape index (κ3) is 2.62. The molecule has 2 aromatic rings. The van der Waals surface area contributed by atoms with Crippen LogP contribution < -0.4 is 5.56 Å². The van der Waals surface area contributed by atoms with Gasteiger partial charge in [-0.05, 0) is 18.6 Å². The van der Waals surface area contributed by atoms with Crippen LogP contribution in [0.4, 0.5) is 5.69 Å². The SMILES string of the molecule is CCC(C(=O)OC)n1c(=O)ccc2cc([N+](=O)[O-])ccc21. The lowest BCUT2D eigenvalue weighted by Gasteiger charge is -2.18. The molecule has 110 valence electrons. The van der Waals surface area contributed by atoms with Gasteiger partial charge in [0.05, 0.1) is 17.5 Å². The smallest absolute Gasteiger partial charge is 0.328 e. The number of nitro benzene ring substituents is 1. The van der Waals surface area contributed by atoms with E-state index in [0.29, 0.717) is 17.3 Å². The number of nitro groups is 1. The van der Waals surface area contributed by atoms with Crippen molar-refractivity contribution in [3.05, 3.63) is 50.8 Å². The van der Waals surface area contributed by atoms with Crippen LogP contribution in [0, 0.1) is 10.1 Å². The van der Waals surface area contributed by atoms with Gasteiger partial charge in [-0.2, -0.15) is 0 Å². The van der Waals surface area contributed by atoms with Crippen LogP contribution in [0.2, 0.25) is 0 Å². The summed E-state index contributed by atoms with van der Waals surface area (Å²) in [5.41, 5.74) is 0.0396. The van der Waals surface area contributed by atoms with E-state index >= 15 is 0 Å². The van der Waals surface area contributed by atoms with E-state index in [9.17, 15) is 19.7 Å². The zero-order chi connectivity index (χ0) is 15.6. The minimum atomic E-state index is -0.757. The topological polar surface area (TPSA) is 91.4 Å². The molecule has 21 heavy (non-hydrogen) atoms. The normalized spacial score (nSPS) is 12.1. The number of non-ortho nitro benzene ring substituents is 1. The molecule has 0 amide bonds. The molecular weight excluding hydrogens is 276 g/mol. The number of benzene rings is 1. The number of fused-ring (bicyclic) bond motifs is 1. The average Bonchev–Trinajstić information content (AvgIpc) is 2.49. The van der Waals surface area contributed by atoms with E-state index in [1.165, 1.54) is 42.0 Å². The van der Waals surface area contributed by atoms with Crippen molar-refractivity contribution in [2.45, 2.75) is 19.4 Å².